The Morgan fingerprint density at radius 1 is 1.40 bits per heavy atom. The van der Waals surface area contributed by atoms with E-state index < -0.39 is 0 Å². The molecule has 2 aliphatic heterocycles. The number of anilines is 1. The standard InChI is InChI=1S/C15H20BrN3O/c1-17-9-11-8-12(16)2-4-14(11)18-6-7-19-13(10-18)3-5-15(19)20/h2,4,8,13,17H,3,5-7,9-10H2,1H3. The molecule has 3 rings (SSSR count). The Labute approximate surface area is 128 Å². The number of carbonyl (C=O) groups is 1. The lowest BCUT2D eigenvalue weighted by atomic mass is 10.1. The van der Waals surface area contributed by atoms with E-state index in [-0.39, 0.29) is 0 Å². The first-order chi connectivity index (χ1) is 9.69. The van der Waals surface area contributed by atoms with Crippen molar-refractivity contribution in [3.8, 4) is 0 Å². The molecule has 1 N–H and O–H groups in total. The number of fused-ring (bicyclic) bond motifs is 1. The number of nitrogens with zero attached hydrogens (tertiary/aromatic N) is 2. The maximum absolute atomic E-state index is 11.8. The van der Waals surface area contributed by atoms with Gasteiger partial charge in [0, 0.05) is 48.8 Å². The molecule has 2 saturated heterocycles. The van der Waals surface area contributed by atoms with Gasteiger partial charge in [-0.25, -0.2) is 0 Å². The fraction of sp³-hybridized carbons (Fsp3) is 0.533. The Kier molecular flexibility index (Phi) is 3.98. The first-order valence-corrected chi connectivity index (χ1v) is 7.96. The molecule has 20 heavy (non-hydrogen) atoms. The van der Waals surface area contributed by atoms with E-state index in [1.54, 1.807) is 0 Å². The predicted molar refractivity (Wildman–Crippen MR) is 83.9 cm³/mol. The van der Waals surface area contributed by atoms with Gasteiger partial charge in [0.1, 0.15) is 0 Å². The largest absolute Gasteiger partial charge is 0.367 e. The first kappa shape index (κ1) is 13.9. The summed E-state index contributed by atoms with van der Waals surface area (Å²) in [4.78, 5) is 16.2. The molecule has 1 aromatic rings. The van der Waals surface area contributed by atoms with E-state index >= 15 is 0 Å². The molecule has 0 bridgehead atoms. The van der Waals surface area contributed by atoms with E-state index in [1.807, 2.05) is 7.05 Å². The van der Waals surface area contributed by atoms with E-state index in [1.165, 1.54) is 11.3 Å². The van der Waals surface area contributed by atoms with Gasteiger partial charge in [-0.05, 0) is 37.2 Å². The van der Waals surface area contributed by atoms with Crippen LogP contribution in [-0.4, -0.2) is 43.5 Å². The molecule has 0 spiro atoms. The molecular weight excluding hydrogens is 318 g/mol. The molecule has 0 aromatic heterocycles. The summed E-state index contributed by atoms with van der Waals surface area (Å²) < 4.78 is 1.11. The second kappa shape index (κ2) is 5.74. The summed E-state index contributed by atoms with van der Waals surface area (Å²) in [5, 5.41) is 3.23. The lowest BCUT2D eigenvalue weighted by Gasteiger charge is -2.39. The molecule has 1 atom stereocenters. The maximum atomic E-state index is 11.8. The molecule has 5 heteroatoms. The number of hydrogen-bond donors (Lipinski definition) is 1. The topological polar surface area (TPSA) is 35.6 Å². The van der Waals surface area contributed by atoms with Crippen LogP contribution in [0.25, 0.3) is 0 Å². The third kappa shape index (κ3) is 2.56. The Morgan fingerprint density at radius 2 is 2.25 bits per heavy atom. The minimum absolute atomic E-state index is 0.334. The highest BCUT2D eigenvalue weighted by molar-refractivity contribution is 9.10. The van der Waals surface area contributed by atoms with Crippen molar-refractivity contribution in [1.82, 2.24) is 10.2 Å². The third-order valence-corrected chi connectivity index (χ3v) is 4.74. The average molecular weight is 338 g/mol. The Balaban J connectivity index is 1.81. The number of carbonyl (C=O) groups excluding carboxylic acids is 1. The van der Waals surface area contributed by atoms with Gasteiger partial charge in [0.25, 0.3) is 0 Å². The number of halogens is 1. The molecule has 2 heterocycles. The Hall–Kier alpha value is -1.07. The minimum atomic E-state index is 0.334. The summed E-state index contributed by atoms with van der Waals surface area (Å²) in [5.41, 5.74) is 2.60. The summed E-state index contributed by atoms with van der Waals surface area (Å²) in [6.45, 7) is 3.61. The van der Waals surface area contributed by atoms with Crippen LogP contribution in [0.4, 0.5) is 5.69 Å². The van der Waals surface area contributed by atoms with Crippen LogP contribution in [-0.2, 0) is 11.3 Å². The van der Waals surface area contributed by atoms with E-state index in [9.17, 15) is 4.79 Å². The number of amides is 1. The van der Waals surface area contributed by atoms with Crippen LogP contribution < -0.4 is 10.2 Å². The average Bonchev–Trinajstić information content (AvgIpc) is 2.80. The second-order valence-electron chi connectivity index (χ2n) is 5.53. The zero-order valence-corrected chi connectivity index (χ0v) is 13.3. The van der Waals surface area contributed by atoms with Gasteiger partial charge in [-0.15, -0.1) is 0 Å². The van der Waals surface area contributed by atoms with Gasteiger partial charge in [0.2, 0.25) is 5.91 Å². The van der Waals surface area contributed by atoms with Crippen LogP contribution >= 0.6 is 15.9 Å². The Morgan fingerprint density at radius 3 is 3.05 bits per heavy atom. The fourth-order valence-corrected chi connectivity index (χ4v) is 3.69. The molecule has 2 aliphatic rings. The molecule has 1 unspecified atom stereocenters. The second-order valence-corrected chi connectivity index (χ2v) is 6.44. The van der Waals surface area contributed by atoms with Crippen molar-refractivity contribution in [3.63, 3.8) is 0 Å². The van der Waals surface area contributed by atoms with Crippen molar-refractivity contribution in [1.29, 1.82) is 0 Å². The van der Waals surface area contributed by atoms with Crippen LogP contribution in [0.2, 0.25) is 0 Å². The summed E-state index contributed by atoms with van der Waals surface area (Å²) in [6.07, 6.45) is 1.73. The van der Waals surface area contributed by atoms with Gasteiger partial charge in [0.15, 0.2) is 0 Å². The maximum Gasteiger partial charge on any atom is 0.223 e. The monoisotopic (exact) mass is 337 g/mol. The molecule has 2 fully saturated rings. The molecule has 0 aliphatic carbocycles. The van der Waals surface area contributed by atoms with Crippen LogP contribution in [0, 0.1) is 0 Å². The zero-order chi connectivity index (χ0) is 14.1. The quantitative estimate of drug-likeness (QED) is 0.916. The van der Waals surface area contributed by atoms with Crippen LogP contribution in [0.15, 0.2) is 22.7 Å². The SMILES string of the molecule is CNCc1cc(Br)ccc1N1CCN2C(=O)CCC2C1. The highest BCUT2D eigenvalue weighted by atomic mass is 79.9. The lowest BCUT2D eigenvalue weighted by Crippen LogP contribution is -2.51. The number of piperazine rings is 1. The number of hydrogen-bond acceptors (Lipinski definition) is 3. The summed E-state index contributed by atoms with van der Waals surface area (Å²) in [5.74, 6) is 0.334. The van der Waals surface area contributed by atoms with Gasteiger partial charge >= 0.3 is 0 Å². The van der Waals surface area contributed by atoms with E-state index in [4.69, 9.17) is 0 Å². The zero-order valence-electron chi connectivity index (χ0n) is 11.7. The number of nitrogens with one attached hydrogen (secondary N) is 1. The van der Waals surface area contributed by atoms with Crippen molar-refractivity contribution < 1.29 is 4.79 Å². The molecular formula is C15H20BrN3O. The lowest BCUT2D eigenvalue weighted by molar-refractivity contribution is -0.129. The van der Waals surface area contributed by atoms with Crippen LogP contribution in [0.1, 0.15) is 18.4 Å². The third-order valence-electron chi connectivity index (χ3n) is 4.24. The molecule has 108 valence electrons. The van der Waals surface area contributed by atoms with Gasteiger partial charge in [0.05, 0.1) is 0 Å². The molecule has 0 radical (unpaired) electrons. The highest BCUT2D eigenvalue weighted by Gasteiger charge is 2.35. The van der Waals surface area contributed by atoms with Crippen LogP contribution in [0.3, 0.4) is 0 Å². The van der Waals surface area contributed by atoms with Crippen molar-refractivity contribution >= 4 is 27.5 Å². The smallest absolute Gasteiger partial charge is 0.223 e. The summed E-state index contributed by atoms with van der Waals surface area (Å²) in [6, 6.07) is 6.87. The van der Waals surface area contributed by atoms with Crippen molar-refractivity contribution in [2.24, 2.45) is 0 Å². The van der Waals surface area contributed by atoms with Crippen molar-refractivity contribution in [2.45, 2.75) is 25.4 Å². The number of benzene rings is 1. The first-order valence-electron chi connectivity index (χ1n) is 7.16. The van der Waals surface area contributed by atoms with Gasteiger partial charge in [-0.3, -0.25) is 4.79 Å². The van der Waals surface area contributed by atoms with Crippen molar-refractivity contribution in [3.05, 3.63) is 28.2 Å². The van der Waals surface area contributed by atoms with Crippen LogP contribution in [0.5, 0.6) is 0 Å². The molecule has 1 amide bonds. The van der Waals surface area contributed by atoms with Gasteiger partial charge in [-0.1, -0.05) is 15.9 Å². The van der Waals surface area contributed by atoms with Crippen molar-refractivity contribution in [2.75, 3.05) is 31.6 Å². The highest BCUT2D eigenvalue weighted by Crippen LogP contribution is 2.30. The molecule has 1 aromatic carbocycles. The van der Waals surface area contributed by atoms with E-state index in [2.05, 4.69) is 49.2 Å². The van der Waals surface area contributed by atoms with E-state index in [0.29, 0.717) is 11.9 Å². The number of rotatable bonds is 3. The fourth-order valence-electron chi connectivity index (χ4n) is 3.28. The van der Waals surface area contributed by atoms with Gasteiger partial charge in [-0.2, -0.15) is 0 Å². The molecule has 4 nitrogen and oxygen atoms in total. The predicted octanol–water partition coefficient (Wildman–Crippen LogP) is 1.98. The summed E-state index contributed by atoms with van der Waals surface area (Å²) in [7, 11) is 1.97. The Bertz CT molecular complexity index is 520. The normalized spacial score (nSPS) is 22.3. The molecule has 0 saturated carbocycles. The van der Waals surface area contributed by atoms with E-state index in [0.717, 1.165) is 43.5 Å². The van der Waals surface area contributed by atoms with Gasteiger partial charge < -0.3 is 15.1 Å². The minimum Gasteiger partial charge on any atom is -0.367 e. The summed E-state index contributed by atoms with van der Waals surface area (Å²) >= 11 is 3.54.